The maximum Gasteiger partial charge on any atom is 0.239 e. The third-order valence-corrected chi connectivity index (χ3v) is 4.65. The van der Waals surface area contributed by atoms with Crippen LogP contribution in [0.1, 0.15) is 37.8 Å². The summed E-state index contributed by atoms with van der Waals surface area (Å²) >= 11 is 0. The smallest absolute Gasteiger partial charge is 0.239 e. The molecule has 27 heavy (non-hydrogen) atoms. The van der Waals surface area contributed by atoms with Crippen LogP contribution < -0.4 is 16.4 Å². The molecule has 0 radical (unpaired) electrons. The van der Waals surface area contributed by atoms with Crippen LogP contribution in [0.25, 0.3) is 0 Å². The first kappa shape index (κ1) is 20.6. The molecule has 0 aromatic heterocycles. The van der Waals surface area contributed by atoms with Crippen molar-refractivity contribution in [3.63, 3.8) is 0 Å². The Morgan fingerprint density at radius 1 is 0.889 bits per heavy atom. The highest BCUT2D eigenvalue weighted by molar-refractivity contribution is 5.87. The summed E-state index contributed by atoms with van der Waals surface area (Å²) in [6.07, 6.45) is 0. The number of rotatable bonds is 8. The highest BCUT2D eigenvalue weighted by Gasteiger charge is 2.23. The monoisotopic (exact) mass is 367 g/mol. The molecule has 0 aliphatic heterocycles. The predicted molar refractivity (Wildman–Crippen MR) is 108 cm³/mol. The average molecular weight is 367 g/mol. The zero-order valence-electron chi connectivity index (χ0n) is 16.2. The van der Waals surface area contributed by atoms with Gasteiger partial charge < -0.3 is 16.4 Å². The summed E-state index contributed by atoms with van der Waals surface area (Å²) in [5.74, 6) is -0.503. The molecular formula is C22H29N3O2. The summed E-state index contributed by atoms with van der Waals surface area (Å²) in [5.41, 5.74) is 8.06. The molecule has 0 spiro atoms. The number of amides is 2. The Labute approximate surface area is 161 Å². The minimum absolute atomic E-state index is 0.0185. The molecule has 2 rings (SSSR count). The summed E-state index contributed by atoms with van der Waals surface area (Å²) in [6, 6.07) is 19.4. The van der Waals surface area contributed by atoms with E-state index in [4.69, 9.17) is 5.73 Å². The SMILES string of the molecule is CC(NC(=O)CNC(=O)[C@@H](N)C(C)C)C(c1ccccc1)c1ccccc1. The molecular weight excluding hydrogens is 338 g/mol. The zero-order valence-corrected chi connectivity index (χ0v) is 16.2. The lowest BCUT2D eigenvalue weighted by atomic mass is 9.86. The second-order valence-corrected chi connectivity index (χ2v) is 7.14. The van der Waals surface area contributed by atoms with Crippen LogP contribution >= 0.6 is 0 Å². The van der Waals surface area contributed by atoms with E-state index in [1.807, 2.05) is 57.2 Å². The maximum absolute atomic E-state index is 12.4. The fourth-order valence-corrected chi connectivity index (χ4v) is 3.07. The van der Waals surface area contributed by atoms with Crippen molar-refractivity contribution in [1.29, 1.82) is 0 Å². The van der Waals surface area contributed by atoms with E-state index < -0.39 is 6.04 Å². The molecule has 2 amide bonds. The van der Waals surface area contributed by atoms with Gasteiger partial charge in [-0.3, -0.25) is 9.59 Å². The van der Waals surface area contributed by atoms with E-state index in [0.29, 0.717) is 0 Å². The Morgan fingerprint density at radius 2 is 1.37 bits per heavy atom. The molecule has 5 nitrogen and oxygen atoms in total. The van der Waals surface area contributed by atoms with E-state index in [9.17, 15) is 9.59 Å². The molecule has 0 saturated heterocycles. The van der Waals surface area contributed by atoms with Crippen molar-refractivity contribution in [3.05, 3.63) is 71.8 Å². The van der Waals surface area contributed by atoms with E-state index in [2.05, 4.69) is 34.9 Å². The van der Waals surface area contributed by atoms with Gasteiger partial charge in [0.2, 0.25) is 11.8 Å². The molecule has 144 valence electrons. The summed E-state index contributed by atoms with van der Waals surface area (Å²) in [7, 11) is 0. The second kappa shape index (κ2) is 9.88. The molecule has 1 unspecified atom stereocenters. The molecule has 0 bridgehead atoms. The molecule has 2 aromatic carbocycles. The van der Waals surface area contributed by atoms with Crippen LogP contribution in [0.4, 0.5) is 0 Å². The van der Waals surface area contributed by atoms with Crippen molar-refractivity contribution >= 4 is 11.8 Å². The Balaban J connectivity index is 2.05. The van der Waals surface area contributed by atoms with Gasteiger partial charge in [-0.1, -0.05) is 74.5 Å². The molecule has 0 aliphatic rings. The van der Waals surface area contributed by atoms with Crippen molar-refractivity contribution < 1.29 is 9.59 Å². The van der Waals surface area contributed by atoms with Gasteiger partial charge in [-0.05, 0) is 24.0 Å². The number of hydrogen-bond acceptors (Lipinski definition) is 3. The fourth-order valence-electron chi connectivity index (χ4n) is 3.07. The molecule has 0 aliphatic carbocycles. The number of nitrogens with two attached hydrogens (primary N) is 1. The first-order chi connectivity index (χ1) is 12.9. The summed E-state index contributed by atoms with van der Waals surface area (Å²) in [4.78, 5) is 24.3. The molecule has 4 N–H and O–H groups in total. The van der Waals surface area contributed by atoms with Crippen LogP contribution in [0, 0.1) is 5.92 Å². The maximum atomic E-state index is 12.4. The van der Waals surface area contributed by atoms with Crippen LogP contribution in [-0.2, 0) is 9.59 Å². The van der Waals surface area contributed by atoms with Crippen LogP contribution in [-0.4, -0.2) is 30.4 Å². The van der Waals surface area contributed by atoms with Gasteiger partial charge in [-0.25, -0.2) is 0 Å². The van der Waals surface area contributed by atoms with Gasteiger partial charge in [0.1, 0.15) is 0 Å². The lowest BCUT2D eigenvalue weighted by Gasteiger charge is -2.26. The molecule has 5 heteroatoms. The minimum atomic E-state index is -0.614. The van der Waals surface area contributed by atoms with Crippen LogP contribution in [0.5, 0.6) is 0 Å². The number of carbonyl (C=O) groups is 2. The fraction of sp³-hybridized carbons (Fsp3) is 0.364. The first-order valence-corrected chi connectivity index (χ1v) is 9.32. The lowest BCUT2D eigenvalue weighted by molar-refractivity contribution is -0.127. The van der Waals surface area contributed by atoms with Crippen molar-refractivity contribution in [2.45, 2.75) is 38.8 Å². The van der Waals surface area contributed by atoms with Crippen molar-refractivity contribution in [1.82, 2.24) is 10.6 Å². The normalized spacial score (nSPS) is 13.3. The number of hydrogen-bond donors (Lipinski definition) is 3. The molecule has 2 aromatic rings. The van der Waals surface area contributed by atoms with E-state index in [-0.39, 0.29) is 36.2 Å². The molecule has 2 atom stereocenters. The Kier molecular flexibility index (Phi) is 7.55. The third-order valence-electron chi connectivity index (χ3n) is 4.65. The summed E-state index contributed by atoms with van der Waals surface area (Å²) in [5, 5.41) is 5.62. The number of carbonyl (C=O) groups excluding carboxylic acids is 2. The molecule has 0 saturated carbocycles. The van der Waals surface area contributed by atoms with Crippen LogP contribution in [0.15, 0.2) is 60.7 Å². The lowest BCUT2D eigenvalue weighted by Crippen LogP contribution is -2.48. The second-order valence-electron chi connectivity index (χ2n) is 7.14. The van der Waals surface area contributed by atoms with E-state index in [1.165, 1.54) is 0 Å². The van der Waals surface area contributed by atoms with E-state index in [0.717, 1.165) is 11.1 Å². The first-order valence-electron chi connectivity index (χ1n) is 9.32. The van der Waals surface area contributed by atoms with Gasteiger partial charge in [0, 0.05) is 12.0 Å². The Bertz CT molecular complexity index is 692. The highest BCUT2D eigenvalue weighted by atomic mass is 16.2. The average Bonchev–Trinajstić information content (AvgIpc) is 2.67. The Morgan fingerprint density at radius 3 is 1.81 bits per heavy atom. The predicted octanol–water partition coefficient (Wildman–Crippen LogP) is 2.42. The van der Waals surface area contributed by atoms with Gasteiger partial charge in [-0.15, -0.1) is 0 Å². The standard InChI is InChI=1S/C22H29N3O2/c1-15(2)21(23)22(27)24-14-19(26)25-16(3)20(17-10-6-4-7-11-17)18-12-8-5-9-13-18/h4-13,15-16,20-21H,14,23H2,1-3H3,(H,24,27)(H,25,26)/t16?,21-/m0/s1. The van der Waals surface area contributed by atoms with Crippen LogP contribution in [0.2, 0.25) is 0 Å². The molecule has 0 heterocycles. The topological polar surface area (TPSA) is 84.2 Å². The van der Waals surface area contributed by atoms with Crippen LogP contribution in [0.3, 0.4) is 0 Å². The van der Waals surface area contributed by atoms with Crippen molar-refractivity contribution in [2.24, 2.45) is 11.7 Å². The van der Waals surface area contributed by atoms with Gasteiger partial charge in [0.05, 0.1) is 12.6 Å². The highest BCUT2D eigenvalue weighted by Crippen LogP contribution is 2.27. The van der Waals surface area contributed by atoms with E-state index in [1.54, 1.807) is 0 Å². The van der Waals surface area contributed by atoms with Crippen molar-refractivity contribution in [2.75, 3.05) is 6.54 Å². The largest absolute Gasteiger partial charge is 0.351 e. The van der Waals surface area contributed by atoms with Crippen molar-refractivity contribution in [3.8, 4) is 0 Å². The Hall–Kier alpha value is -2.66. The quantitative estimate of drug-likeness (QED) is 0.670. The van der Waals surface area contributed by atoms with Gasteiger partial charge in [0.15, 0.2) is 0 Å². The third kappa shape index (κ3) is 5.93. The number of nitrogens with one attached hydrogen (secondary N) is 2. The van der Waals surface area contributed by atoms with Gasteiger partial charge in [0.25, 0.3) is 0 Å². The number of benzene rings is 2. The van der Waals surface area contributed by atoms with Gasteiger partial charge in [-0.2, -0.15) is 0 Å². The summed E-state index contributed by atoms with van der Waals surface area (Å²) in [6.45, 7) is 5.64. The molecule has 0 fully saturated rings. The zero-order chi connectivity index (χ0) is 19.8. The minimum Gasteiger partial charge on any atom is -0.351 e. The van der Waals surface area contributed by atoms with Gasteiger partial charge >= 0.3 is 0 Å². The van der Waals surface area contributed by atoms with E-state index >= 15 is 0 Å². The summed E-state index contributed by atoms with van der Waals surface area (Å²) < 4.78 is 0.